The lowest BCUT2D eigenvalue weighted by Crippen LogP contribution is -2.27. The number of nitrogens with zero attached hydrogens (tertiary/aromatic N) is 2. The smallest absolute Gasteiger partial charge is 0.129 e. The number of aromatic nitrogens is 1. The fourth-order valence-electron chi connectivity index (χ4n) is 2.76. The maximum absolute atomic E-state index is 5.92. The molecule has 0 N–H and O–H groups in total. The Balaban J connectivity index is 2.20. The minimum Gasteiger partial charge on any atom is -0.296 e. The molecule has 0 amide bonds. The van der Waals surface area contributed by atoms with Gasteiger partial charge in [-0.15, -0.1) is 0 Å². The Labute approximate surface area is 109 Å². The Morgan fingerprint density at radius 2 is 2.24 bits per heavy atom. The first-order valence-corrected chi connectivity index (χ1v) is 6.83. The molecule has 0 aliphatic carbocycles. The van der Waals surface area contributed by atoms with Gasteiger partial charge in [0, 0.05) is 18.3 Å². The molecule has 1 aliphatic rings. The highest BCUT2D eigenvalue weighted by Gasteiger charge is 2.27. The molecule has 1 aromatic heterocycles. The van der Waals surface area contributed by atoms with E-state index in [4.69, 9.17) is 11.6 Å². The molecule has 1 aliphatic heterocycles. The van der Waals surface area contributed by atoms with Crippen molar-refractivity contribution in [3.63, 3.8) is 0 Å². The molecule has 0 radical (unpaired) electrons. The van der Waals surface area contributed by atoms with E-state index in [-0.39, 0.29) is 0 Å². The van der Waals surface area contributed by atoms with Crippen LogP contribution >= 0.6 is 11.6 Å². The molecule has 0 spiro atoms. The van der Waals surface area contributed by atoms with Crippen LogP contribution in [0.25, 0.3) is 0 Å². The van der Waals surface area contributed by atoms with Gasteiger partial charge in [0.2, 0.25) is 0 Å². The van der Waals surface area contributed by atoms with Gasteiger partial charge >= 0.3 is 0 Å². The molecule has 2 nitrogen and oxygen atoms in total. The van der Waals surface area contributed by atoms with Gasteiger partial charge in [-0.1, -0.05) is 31.5 Å². The third kappa shape index (κ3) is 2.99. The maximum atomic E-state index is 5.92. The van der Waals surface area contributed by atoms with Crippen LogP contribution in [0.5, 0.6) is 0 Å². The molecule has 1 aromatic rings. The summed E-state index contributed by atoms with van der Waals surface area (Å²) >= 11 is 5.92. The van der Waals surface area contributed by atoms with E-state index < -0.39 is 0 Å². The van der Waals surface area contributed by atoms with Crippen LogP contribution in [0.15, 0.2) is 12.1 Å². The van der Waals surface area contributed by atoms with Gasteiger partial charge in [-0.25, -0.2) is 4.98 Å². The fraction of sp³-hybridized carbons (Fsp3) is 0.643. The zero-order valence-electron chi connectivity index (χ0n) is 10.9. The largest absolute Gasteiger partial charge is 0.296 e. The summed E-state index contributed by atoms with van der Waals surface area (Å²) in [5, 5.41) is 0.597. The second-order valence-corrected chi connectivity index (χ2v) is 5.74. The van der Waals surface area contributed by atoms with Crippen LogP contribution in [-0.4, -0.2) is 23.0 Å². The summed E-state index contributed by atoms with van der Waals surface area (Å²) in [7, 11) is 0. The second-order valence-electron chi connectivity index (χ2n) is 5.36. The summed E-state index contributed by atoms with van der Waals surface area (Å²) in [5.41, 5.74) is 2.44. The normalized spacial score (nSPS) is 21.4. The summed E-state index contributed by atoms with van der Waals surface area (Å²) in [6.07, 6.45) is 2.54. The summed E-state index contributed by atoms with van der Waals surface area (Å²) in [6.45, 7) is 9.01. The van der Waals surface area contributed by atoms with Gasteiger partial charge < -0.3 is 0 Å². The topological polar surface area (TPSA) is 16.1 Å². The van der Waals surface area contributed by atoms with Crippen molar-refractivity contribution < 1.29 is 0 Å². The van der Waals surface area contributed by atoms with Gasteiger partial charge in [-0.2, -0.15) is 0 Å². The van der Waals surface area contributed by atoms with E-state index in [1.165, 1.54) is 31.5 Å². The monoisotopic (exact) mass is 252 g/mol. The van der Waals surface area contributed by atoms with Crippen molar-refractivity contribution >= 4 is 11.6 Å². The number of aryl methyl sites for hydroxylation is 1. The minimum atomic E-state index is 0.544. The summed E-state index contributed by atoms with van der Waals surface area (Å²) in [5.74, 6) is 0.719. The Hall–Kier alpha value is -0.600. The Bertz CT molecular complexity index is 390. The highest BCUT2D eigenvalue weighted by Crippen LogP contribution is 2.33. The molecule has 17 heavy (non-hydrogen) atoms. The Morgan fingerprint density at radius 1 is 1.47 bits per heavy atom. The van der Waals surface area contributed by atoms with Crippen molar-refractivity contribution in [1.82, 2.24) is 9.88 Å². The fourth-order valence-corrected chi connectivity index (χ4v) is 2.95. The van der Waals surface area contributed by atoms with Gasteiger partial charge in [-0.3, -0.25) is 4.90 Å². The Morgan fingerprint density at radius 3 is 2.88 bits per heavy atom. The molecule has 0 unspecified atom stereocenters. The molecule has 1 fully saturated rings. The van der Waals surface area contributed by atoms with Crippen molar-refractivity contribution in [3.05, 3.63) is 28.5 Å². The maximum Gasteiger partial charge on any atom is 0.129 e. The molecular weight excluding hydrogens is 232 g/mol. The first kappa shape index (κ1) is 12.8. The number of rotatable bonds is 3. The second kappa shape index (κ2) is 5.36. The molecule has 2 rings (SSSR count). The molecule has 0 saturated carbocycles. The van der Waals surface area contributed by atoms with E-state index in [1.54, 1.807) is 0 Å². The quantitative estimate of drug-likeness (QED) is 0.760. The van der Waals surface area contributed by atoms with Gasteiger partial charge in [0.1, 0.15) is 5.15 Å². The Kier molecular flexibility index (Phi) is 4.05. The zero-order valence-corrected chi connectivity index (χ0v) is 11.7. The third-order valence-corrected chi connectivity index (χ3v) is 3.63. The van der Waals surface area contributed by atoms with E-state index in [2.05, 4.69) is 36.7 Å². The van der Waals surface area contributed by atoms with Crippen molar-refractivity contribution in [1.29, 1.82) is 0 Å². The summed E-state index contributed by atoms with van der Waals surface area (Å²) in [4.78, 5) is 6.96. The van der Waals surface area contributed by atoms with Crippen LogP contribution < -0.4 is 0 Å². The lowest BCUT2D eigenvalue weighted by atomic mass is 10.0. The van der Waals surface area contributed by atoms with Gasteiger partial charge in [0.25, 0.3) is 0 Å². The predicted molar refractivity (Wildman–Crippen MR) is 72.4 cm³/mol. The molecule has 1 atom stereocenters. The average molecular weight is 253 g/mol. The van der Waals surface area contributed by atoms with Crippen molar-refractivity contribution in [2.75, 3.05) is 13.1 Å². The van der Waals surface area contributed by atoms with Crippen LogP contribution in [0.2, 0.25) is 5.15 Å². The van der Waals surface area contributed by atoms with Crippen molar-refractivity contribution in [3.8, 4) is 0 Å². The zero-order chi connectivity index (χ0) is 12.4. The van der Waals surface area contributed by atoms with Crippen LogP contribution in [0.1, 0.15) is 44.0 Å². The van der Waals surface area contributed by atoms with Gasteiger partial charge in [0.05, 0.1) is 0 Å². The highest BCUT2D eigenvalue weighted by atomic mass is 35.5. The molecule has 94 valence electrons. The minimum absolute atomic E-state index is 0.544. The number of hydrogen-bond acceptors (Lipinski definition) is 2. The van der Waals surface area contributed by atoms with E-state index in [0.717, 1.165) is 11.6 Å². The summed E-state index contributed by atoms with van der Waals surface area (Å²) < 4.78 is 0. The van der Waals surface area contributed by atoms with Crippen LogP contribution in [0, 0.1) is 12.8 Å². The van der Waals surface area contributed by atoms with Gasteiger partial charge in [0.15, 0.2) is 0 Å². The van der Waals surface area contributed by atoms with Gasteiger partial charge in [-0.05, 0) is 43.9 Å². The lowest BCUT2D eigenvalue weighted by Gasteiger charge is -2.27. The first-order chi connectivity index (χ1) is 8.08. The molecule has 0 aromatic carbocycles. The number of pyridine rings is 1. The molecule has 2 heterocycles. The van der Waals surface area contributed by atoms with E-state index in [1.807, 2.05) is 6.07 Å². The van der Waals surface area contributed by atoms with E-state index in [9.17, 15) is 0 Å². The molecule has 0 bridgehead atoms. The van der Waals surface area contributed by atoms with E-state index in [0.29, 0.717) is 11.2 Å². The van der Waals surface area contributed by atoms with Crippen molar-refractivity contribution in [2.24, 2.45) is 5.92 Å². The standard InChI is InChI=1S/C14H21ClN2/c1-10(2)9-17-8-4-5-13(17)12-6-7-14(15)16-11(12)3/h6-7,10,13H,4-5,8-9H2,1-3H3/t13-/m0/s1. The highest BCUT2D eigenvalue weighted by molar-refractivity contribution is 6.29. The van der Waals surface area contributed by atoms with Crippen LogP contribution in [0.3, 0.4) is 0 Å². The number of likely N-dealkylation sites (tertiary alicyclic amines) is 1. The average Bonchev–Trinajstić information content (AvgIpc) is 2.65. The predicted octanol–water partition coefficient (Wildman–Crippen LogP) is 3.84. The SMILES string of the molecule is Cc1nc(Cl)ccc1[C@@H]1CCCN1CC(C)C. The third-order valence-electron chi connectivity index (χ3n) is 3.42. The molecular formula is C14H21ClN2. The molecule has 3 heteroatoms. The molecule has 1 saturated heterocycles. The van der Waals surface area contributed by atoms with Crippen molar-refractivity contribution in [2.45, 2.75) is 39.7 Å². The van der Waals surface area contributed by atoms with Crippen LogP contribution in [-0.2, 0) is 0 Å². The van der Waals surface area contributed by atoms with Crippen LogP contribution in [0.4, 0.5) is 0 Å². The first-order valence-electron chi connectivity index (χ1n) is 6.45. The summed E-state index contributed by atoms with van der Waals surface area (Å²) in [6, 6.07) is 4.60. The number of halogens is 1. The number of hydrogen-bond donors (Lipinski definition) is 0. The van der Waals surface area contributed by atoms with E-state index >= 15 is 0 Å². The lowest BCUT2D eigenvalue weighted by molar-refractivity contribution is 0.228.